The van der Waals surface area contributed by atoms with E-state index in [-0.39, 0.29) is 29.0 Å². The molecule has 2 N–H and O–H groups in total. The van der Waals surface area contributed by atoms with Crippen LogP contribution in [0.3, 0.4) is 0 Å². The number of hydrogen-bond donors (Lipinski definition) is 2. The van der Waals surface area contributed by atoms with Crippen LogP contribution in [-0.2, 0) is 17.6 Å². The fourth-order valence-corrected chi connectivity index (χ4v) is 6.69. The lowest BCUT2D eigenvalue weighted by atomic mass is 9.97. The number of anilines is 2. The molecule has 1 aliphatic heterocycles. The van der Waals surface area contributed by atoms with Crippen molar-refractivity contribution in [3.05, 3.63) is 56.0 Å². The van der Waals surface area contributed by atoms with Gasteiger partial charge in [-0.05, 0) is 65.4 Å². The Balaban J connectivity index is 1.48. The lowest BCUT2D eigenvalue weighted by Gasteiger charge is -2.33. The second kappa shape index (κ2) is 10.3. The summed E-state index contributed by atoms with van der Waals surface area (Å²) < 4.78 is 53.7. The highest BCUT2D eigenvalue weighted by Crippen LogP contribution is 2.47. The number of methoxy groups -OCH3 is 1. The van der Waals surface area contributed by atoms with Crippen molar-refractivity contribution in [2.75, 3.05) is 24.4 Å². The highest BCUT2D eigenvalue weighted by atomic mass is 79.9. The Morgan fingerprint density at radius 2 is 2.00 bits per heavy atom. The molecule has 0 bridgehead atoms. The minimum absolute atomic E-state index is 0.0452. The Bertz CT molecular complexity index is 1390. The Morgan fingerprint density at radius 1 is 1.26 bits per heavy atom. The van der Waals surface area contributed by atoms with Crippen LogP contribution < -0.4 is 15.4 Å². The summed E-state index contributed by atoms with van der Waals surface area (Å²) in [5.41, 5.74) is 1.58. The summed E-state index contributed by atoms with van der Waals surface area (Å²) in [6.07, 6.45) is -2.53. The molecule has 2 aliphatic rings. The number of nitrogens with zero attached hydrogens (tertiary/aromatic N) is 2. The van der Waals surface area contributed by atoms with Crippen LogP contribution in [0.1, 0.15) is 68.7 Å². The normalized spacial score (nSPS) is 18.4. The number of halogens is 4. The van der Waals surface area contributed by atoms with Gasteiger partial charge in [-0.1, -0.05) is 12.1 Å². The van der Waals surface area contributed by atoms with Gasteiger partial charge in [0.15, 0.2) is 11.7 Å². The van der Waals surface area contributed by atoms with Crippen LogP contribution in [0.2, 0.25) is 0 Å². The molecule has 2 aromatic heterocycles. The molecular formula is C25H24BrF3N4O4S. The van der Waals surface area contributed by atoms with E-state index in [0.29, 0.717) is 28.3 Å². The topological polar surface area (TPSA) is 94.5 Å². The Kier molecular flexibility index (Phi) is 7.16. The van der Waals surface area contributed by atoms with E-state index in [2.05, 4.69) is 31.7 Å². The average molecular weight is 613 g/mol. The molecule has 0 unspecified atom stereocenters. The summed E-state index contributed by atoms with van der Waals surface area (Å²) in [5.74, 6) is -0.632. The molecule has 0 spiro atoms. The van der Waals surface area contributed by atoms with E-state index in [1.165, 1.54) is 18.4 Å². The summed E-state index contributed by atoms with van der Waals surface area (Å²) in [6.45, 7) is 1.87. The van der Waals surface area contributed by atoms with E-state index >= 15 is 0 Å². The summed E-state index contributed by atoms with van der Waals surface area (Å²) in [6, 6.07) is 4.12. The summed E-state index contributed by atoms with van der Waals surface area (Å²) in [7, 11) is 1.51. The van der Waals surface area contributed by atoms with Gasteiger partial charge < -0.3 is 20.1 Å². The van der Waals surface area contributed by atoms with Gasteiger partial charge >= 0.3 is 12.1 Å². The van der Waals surface area contributed by atoms with Gasteiger partial charge in [0, 0.05) is 11.3 Å². The van der Waals surface area contributed by atoms with Gasteiger partial charge in [-0.3, -0.25) is 4.79 Å². The maximum Gasteiger partial charge on any atom is 0.410 e. The molecule has 1 aliphatic carbocycles. The van der Waals surface area contributed by atoms with Crippen LogP contribution in [-0.4, -0.2) is 41.5 Å². The molecule has 0 radical (unpaired) electrons. The number of rotatable bonds is 6. The molecule has 0 saturated heterocycles. The van der Waals surface area contributed by atoms with Crippen LogP contribution in [0.15, 0.2) is 28.7 Å². The molecule has 0 fully saturated rings. The zero-order valence-corrected chi connectivity index (χ0v) is 22.8. The number of thiophene rings is 1. The third-order valence-corrected chi connectivity index (χ3v) is 8.62. The fourth-order valence-electron chi connectivity index (χ4n) is 4.86. The number of esters is 1. The van der Waals surface area contributed by atoms with Crippen LogP contribution in [0.25, 0.3) is 0 Å². The van der Waals surface area contributed by atoms with Gasteiger partial charge in [-0.2, -0.15) is 18.3 Å². The minimum atomic E-state index is -4.60. The van der Waals surface area contributed by atoms with Gasteiger partial charge in [0.05, 0.1) is 29.8 Å². The monoisotopic (exact) mass is 612 g/mol. The summed E-state index contributed by atoms with van der Waals surface area (Å²) in [4.78, 5) is 27.0. The maximum absolute atomic E-state index is 14.1. The predicted octanol–water partition coefficient (Wildman–Crippen LogP) is 6.29. The highest BCUT2D eigenvalue weighted by molar-refractivity contribution is 9.10. The molecule has 3 heterocycles. The first-order valence-electron chi connectivity index (χ1n) is 12.0. The molecule has 2 atom stereocenters. The number of carbonyl (C=O) groups is 2. The standard InChI is InChI=1S/C25H24BrF3N4O4S/c1-3-37-24(35)18-14-5-4-6-16(14)38-23(18)31-22(34)20-19(26)21-30-15(12-7-9-13(36-2)10-8-12)11-17(25(27,28)29)33(21)32-20/h7-10,15,17,30H,3-6,11H2,1-2H3,(H,31,34)/t15-,17+/m1/s1. The molecule has 1 amide bonds. The van der Waals surface area contributed by atoms with Crippen LogP contribution >= 0.6 is 27.3 Å². The number of benzene rings is 1. The number of aryl methyl sites for hydroxylation is 1. The average Bonchev–Trinajstić information content (AvgIpc) is 3.56. The Hall–Kier alpha value is -3.06. The Morgan fingerprint density at radius 3 is 2.66 bits per heavy atom. The van der Waals surface area contributed by atoms with Crippen molar-refractivity contribution < 1.29 is 32.2 Å². The molecule has 5 rings (SSSR count). The lowest BCUT2D eigenvalue weighted by Crippen LogP contribution is -2.35. The van der Waals surface area contributed by atoms with Crippen LogP contribution in [0.4, 0.5) is 24.0 Å². The molecule has 202 valence electrons. The number of fused-ring (bicyclic) bond motifs is 2. The smallest absolute Gasteiger partial charge is 0.410 e. The van der Waals surface area contributed by atoms with Gasteiger partial charge in [0.25, 0.3) is 5.91 Å². The van der Waals surface area contributed by atoms with Crippen LogP contribution in [0.5, 0.6) is 5.75 Å². The van der Waals surface area contributed by atoms with Crippen molar-refractivity contribution in [3.63, 3.8) is 0 Å². The SMILES string of the molecule is CCOC(=O)c1c(NC(=O)c2nn3c(c2Br)N[C@@H](c2ccc(OC)cc2)C[C@H]3C(F)(F)F)sc2c1CCC2. The van der Waals surface area contributed by atoms with E-state index in [1.807, 2.05) is 0 Å². The number of nitrogens with one attached hydrogen (secondary N) is 2. The van der Waals surface area contributed by atoms with Crippen molar-refractivity contribution in [2.45, 2.75) is 50.9 Å². The second-order valence-electron chi connectivity index (χ2n) is 8.96. The molecule has 3 aromatic rings. The molecule has 13 heteroatoms. The van der Waals surface area contributed by atoms with Crippen molar-refractivity contribution >= 4 is 50.0 Å². The number of amides is 1. The van der Waals surface area contributed by atoms with Gasteiger partial charge in [-0.15, -0.1) is 11.3 Å². The number of hydrogen-bond acceptors (Lipinski definition) is 7. The molecule has 8 nitrogen and oxygen atoms in total. The van der Waals surface area contributed by atoms with Gasteiger partial charge in [-0.25, -0.2) is 9.48 Å². The van der Waals surface area contributed by atoms with Crippen LogP contribution in [0, 0.1) is 0 Å². The van der Waals surface area contributed by atoms with E-state index in [4.69, 9.17) is 9.47 Å². The van der Waals surface area contributed by atoms with E-state index in [0.717, 1.165) is 28.0 Å². The third-order valence-electron chi connectivity index (χ3n) is 6.66. The Labute approximate surface area is 228 Å². The lowest BCUT2D eigenvalue weighted by molar-refractivity contribution is -0.173. The van der Waals surface area contributed by atoms with E-state index in [1.54, 1.807) is 31.2 Å². The number of aromatic nitrogens is 2. The zero-order chi connectivity index (χ0) is 27.2. The van der Waals surface area contributed by atoms with Crippen molar-refractivity contribution in [2.24, 2.45) is 0 Å². The number of alkyl halides is 3. The maximum atomic E-state index is 14.1. The second-order valence-corrected chi connectivity index (χ2v) is 10.9. The minimum Gasteiger partial charge on any atom is -0.497 e. The van der Waals surface area contributed by atoms with E-state index in [9.17, 15) is 22.8 Å². The fraction of sp³-hybridized carbons (Fsp3) is 0.400. The molecule has 1 aromatic carbocycles. The molecular weight excluding hydrogens is 589 g/mol. The van der Waals surface area contributed by atoms with Crippen molar-refractivity contribution in [1.82, 2.24) is 9.78 Å². The van der Waals surface area contributed by atoms with Crippen molar-refractivity contribution in [1.29, 1.82) is 0 Å². The van der Waals surface area contributed by atoms with Gasteiger partial charge in [0.2, 0.25) is 0 Å². The largest absolute Gasteiger partial charge is 0.497 e. The first-order chi connectivity index (χ1) is 18.1. The molecule has 38 heavy (non-hydrogen) atoms. The van der Waals surface area contributed by atoms with Crippen molar-refractivity contribution in [3.8, 4) is 5.75 Å². The first kappa shape index (κ1) is 26.5. The third kappa shape index (κ3) is 4.77. The zero-order valence-electron chi connectivity index (χ0n) is 20.4. The number of ether oxygens (including phenoxy) is 2. The summed E-state index contributed by atoms with van der Waals surface area (Å²) in [5, 5.41) is 10.2. The number of carbonyl (C=O) groups excluding carboxylic acids is 2. The molecule has 0 saturated carbocycles. The highest BCUT2D eigenvalue weighted by Gasteiger charge is 2.48. The quantitative estimate of drug-likeness (QED) is 0.318. The first-order valence-corrected chi connectivity index (χ1v) is 13.6. The predicted molar refractivity (Wildman–Crippen MR) is 139 cm³/mol. The summed E-state index contributed by atoms with van der Waals surface area (Å²) >= 11 is 4.59. The van der Waals surface area contributed by atoms with Gasteiger partial charge in [0.1, 0.15) is 16.6 Å². The van der Waals surface area contributed by atoms with E-state index < -0.39 is 30.1 Å².